The number of rotatable bonds is 7. The minimum Gasteiger partial charge on any atom is -0.493 e. The second-order valence-electron chi connectivity index (χ2n) is 5.41. The van der Waals surface area contributed by atoms with E-state index in [1.165, 1.54) is 12.1 Å². The molecule has 1 aromatic carbocycles. The van der Waals surface area contributed by atoms with Crippen molar-refractivity contribution >= 4 is 5.97 Å². The molecule has 6 heteroatoms. The summed E-state index contributed by atoms with van der Waals surface area (Å²) < 4.78 is 5.69. The third-order valence-corrected chi connectivity index (χ3v) is 3.73. The van der Waals surface area contributed by atoms with Gasteiger partial charge in [-0.2, -0.15) is 0 Å². The van der Waals surface area contributed by atoms with E-state index in [4.69, 9.17) is 4.74 Å². The van der Waals surface area contributed by atoms with Crippen LogP contribution in [-0.4, -0.2) is 27.7 Å². The van der Waals surface area contributed by atoms with Crippen LogP contribution in [0.25, 0.3) is 11.4 Å². The van der Waals surface area contributed by atoms with Gasteiger partial charge in [0.15, 0.2) is 0 Å². The van der Waals surface area contributed by atoms with Gasteiger partial charge in [-0.25, -0.2) is 9.78 Å². The van der Waals surface area contributed by atoms with Gasteiger partial charge in [-0.3, -0.25) is 4.79 Å². The Balaban J connectivity index is 2.64. The highest BCUT2D eigenvalue weighted by molar-refractivity contribution is 5.90. The maximum absolute atomic E-state index is 12.3. The molecule has 0 bridgehead atoms. The number of carbonyl (C=O) groups is 1. The molecule has 6 nitrogen and oxygen atoms in total. The maximum Gasteiger partial charge on any atom is 0.335 e. The molecule has 0 aliphatic carbocycles. The Labute approximate surface area is 140 Å². The fraction of sp³-hybridized carbons (Fsp3) is 0.389. The topological polar surface area (TPSA) is 92.3 Å². The number of aromatic carboxylic acids is 1. The van der Waals surface area contributed by atoms with E-state index in [2.05, 4.69) is 9.97 Å². The van der Waals surface area contributed by atoms with Crippen molar-refractivity contribution in [3.05, 3.63) is 45.4 Å². The average Bonchev–Trinajstić information content (AvgIpc) is 2.58. The third-order valence-electron chi connectivity index (χ3n) is 3.73. The highest BCUT2D eigenvalue weighted by atomic mass is 16.5. The van der Waals surface area contributed by atoms with E-state index in [0.717, 1.165) is 12.1 Å². The lowest BCUT2D eigenvalue weighted by atomic mass is 10.1. The number of aromatic nitrogens is 2. The van der Waals surface area contributed by atoms with Crippen molar-refractivity contribution < 1.29 is 14.6 Å². The number of ether oxygens (including phenoxy) is 1. The fourth-order valence-corrected chi connectivity index (χ4v) is 2.51. The first kappa shape index (κ1) is 17.7. The molecule has 1 aromatic heterocycles. The Morgan fingerprint density at radius 1 is 1.25 bits per heavy atom. The van der Waals surface area contributed by atoms with Crippen LogP contribution in [0.2, 0.25) is 0 Å². The van der Waals surface area contributed by atoms with E-state index in [0.29, 0.717) is 42.1 Å². The molecule has 2 N–H and O–H groups in total. The molecule has 0 unspecified atom stereocenters. The highest BCUT2D eigenvalue weighted by Crippen LogP contribution is 2.29. The van der Waals surface area contributed by atoms with E-state index < -0.39 is 5.97 Å². The SMILES string of the molecule is CCCOc1ccc(C(=O)O)cc1-c1nc(CC)c(CC)c(=O)[nH]1. The predicted molar refractivity (Wildman–Crippen MR) is 91.8 cm³/mol. The average molecular weight is 330 g/mol. The molecule has 1 heterocycles. The van der Waals surface area contributed by atoms with Crippen molar-refractivity contribution in [2.45, 2.75) is 40.0 Å². The van der Waals surface area contributed by atoms with Gasteiger partial charge in [0.05, 0.1) is 23.4 Å². The lowest BCUT2D eigenvalue weighted by Crippen LogP contribution is -2.18. The fourth-order valence-electron chi connectivity index (χ4n) is 2.51. The van der Waals surface area contributed by atoms with E-state index in [9.17, 15) is 14.7 Å². The van der Waals surface area contributed by atoms with Gasteiger partial charge in [0.25, 0.3) is 5.56 Å². The van der Waals surface area contributed by atoms with Crippen molar-refractivity contribution in [2.75, 3.05) is 6.61 Å². The van der Waals surface area contributed by atoms with Crippen LogP contribution in [0, 0.1) is 0 Å². The zero-order valence-electron chi connectivity index (χ0n) is 14.2. The first-order valence-electron chi connectivity index (χ1n) is 8.14. The van der Waals surface area contributed by atoms with Crippen LogP contribution in [-0.2, 0) is 12.8 Å². The van der Waals surface area contributed by atoms with Gasteiger partial charge in [-0.1, -0.05) is 20.8 Å². The molecule has 0 radical (unpaired) electrons. The van der Waals surface area contributed by atoms with Crippen molar-refractivity contribution in [1.29, 1.82) is 0 Å². The smallest absolute Gasteiger partial charge is 0.335 e. The number of hydrogen-bond acceptors (Lipinski definition) is 4. The van der Waals surface area contributed by atoms with Gasteiger partial charge in [0, 0.05) is 5.56 Å². The zero-order chi connectivity index (χ0) is 17.7. The van der Waals surface area contributed by atoms with Gasteiger partial charge in [0.2, 0.25) is 0 Å². The van der Waals surface area contributed by atoms with Crippen molar-refractivity contribution in [3.63, 3.8) is 0 Å². The summed E-state index contributed by atoms with van der Waals surface area (Å²) in [5, 5.41) is 9.23. The Kier molecular flexibility index (Phi) is 5.73. The number of aryl methyl sites for hydroxylation is 1. The molecule has 128 valence electrons. The number of carboxylic acids is 1. The number of carboxylic acid groups (broad SMARTS) is 1. The lowest BCUT2D eigenvalue weighted by Gasteiger charge is -2.13. The number of nitrogens with zero attached hydrogens (tertiary/aromatic N) is 1. The largest absolute Gasteiger partial charge is 0.493 e. The van der Waals surface area contributed by atoms with Crippen LogP contribution < -0.4 is 10.3 Å². The molecule has 0 fully saturated rings. The summed E-state index contributed by atoms with van der Waals surface area (Å²) in [7, 11) is 0. The number of hydrogen-bond donors (Lipinski definition) is 2. The summed E-state index contributed by atoms with van der Waals surface area (Å²) in [5.41, 5.74) is 1.79. The summed E-state index contributed by atoms with van der Waals surface area (Å²) >= 11 is 0. The number of benzene rings is 1. The molecular formula is C18H22N2O4. The molecule has 0 aliphatic heterocycles. The quantitative estimate of drug-likeness (QED) is 0.814. The Bertz CT molecular complexity index is 796. The second-order valence-corrected chi connectivity index (χ2v) is 5.41. The van der Waals surface area contributed by atoms with Gasteiger partial charge < -0.3 is 14.8 Å². The lowest BCUT2D eigenvalue weighted by molar-refractivity contribution is 0.0697. The molecule has 2 rings (SSSR count). The summed E-state index contributed by atoms with van der Waals surface area (Å²) in [6.45, 7) is 6.33. The van der Waals surface area contributed by atoms with Crippen LogP contribution in [0.15, 0.2) is 23.0 Å². The zero-order valence-corrected chi connectivity index (χ0v) is 14.2. The Morgan fingerprint density at radius 3 is 2.58 bits per heavy atom. The third kappa shape index (κ3) is 3.64. The standard InChI is InChI=1S/C18H22N2O4/c1-4-9-24-15-8-7-11(18(22)23)10-13(15)16-19-14(6-3)12(5-2)17(21)20-16/h7-8,10H,4-6,9H2,1-3H3,(H,22,23)(H,19,20,21). The van der Waals surface area contributed by atoms with Crippen LogP contribution >= 0.6 is 0 Å². The molecular weight excluding hydrogens is 308 g/mol. The minimum absolute atomic E-state index is 0.120. The van der Waals surface area contributed by atoms with E-state index in [1.54, 1.807) is 6.07 Å². The predicted octanol–water partition coefficient (Wildman–Crippen LogP) is 3.05. The monoisotopic (exact) mass is 330 g/mol. The van der Waals surface area contributed by atoms with E-state index in [-0.39, 0.29) is 11.1 Å². The highest BCUT2D eigenvalue weighted by Gasteiger charge is 2.16. The summed E-state index contributed by atoms with van der Waals surface area (Å²) in [4.78, 5) is 30.9. The normalized spacial score (nSPS) is 10.6. The number of aromatic amines is 1. The van der Waals surface area contributed by atoms with Crippen LogP contribution in [0.1, 0.15) is 48.8 Å². The molecule has 24 heavy (non-hydrogen) atoms. The van der Waals surface area contributed by atoms with E-state index in [1.807, 2.05) is 20.8 Å². The molecule has 0 saturated carbocycles. The molecule has 0 amide bonds. The molecule has 0 saturated heterocycles. The Hall–Kier alpha value is -2.63. The molecule has 0 atom stereocenters. The van der Waals surface area contributed by atoms with Crippen LogP contribution in [0.3, 0.4) is 0 Å². The van der Waals surface area contributed by atoms with Gasteiger partial charge in [-0.05, 0) is 37.5 Å². The number of nitrogens with one attached hydrogen (secondary N) is 1. The van der Waals surface area contributed by atoms with Crippen molar-refractivity contribution in [2.24, 2.45) is 0 Å². The van der Waals surface area contributed by atoms with Crippen LogP contribution in [0.4, 0.5) is 0 Å². The summed E-state index contributed by atoms with van der Waals surface area (Å²) in [6.07, 6.45) is 2.04. The van der Waals surface area contributed by atoms with Gasteiger partial charge >= 0.3 is 5.97 Å². The number of H-pyrrole nitrogens is 1. The summed E-state index contributed by atoms with van der Waals surface area (Å²) in [5.74, 6) is -0.193. The molecule has 0 spiro atoms. The first-order chi connectivity index (χ1) is 11.5. The molecule has 2 aromatic rings. The minimum atomic E-state index is -1.04. The van der Waals surface area contributed by atoms with Crippen LogP contribution in [0.5, 0.6) is 5.75 Å². The van der Waals surface area contributed by atoms with E-state index >= 15 is 0 Å². The van der Waals surface area contributed by atoms with Gasteiger partial charge in [-0.15, -0.1) is 0 Å². The van der Waals surface area contributed by atoms with Crippen molar-refractivity contribution in [3.8, 4) is 17.1 Å². The van der Waals surface area contributed by atoms with Gasteiger partial charge in [0.1, 0.15) is 11.6 Å². The van der Waals surface area contributed by atoms with Crippen molar-refractivity contribution in [1.82, 2.24) is 9.97 Å². The maximum atomic E-state index is 12.3. The first-order valence-corrected chi connectivity index (χ1v) is 8.14. The second kappa shape index (κ2) is 7.77. The molecule has 0 aliphatic rings. The Morgan fingerprint density at radius 2 is 2.00 bits per heavy atom. The summed E-state index contributed by atoms with van der Waals surface area (Å²) in [6, 6.07) is 4.57.